The van der Waals surface area contributed by atoms with E-state index in [4.69, 9.17) is 18.0 Å². The lowest BCUT2D eigenvalue weighted by Gasteiger charge is -2.21. The molecule has 1 heterocycles. The Bertz CT molecular complexity index is 385. The van der Waals surface area contributed by atoms with Gasteiger partial charge in [-0.05, 0) is 11.8 Å². The molecule has 1 fully saturated rings. The van der Waals surface area contributed by atoms with Crippen molar-refractivity contribution < 1.29 is 9.59 Å². The number of rotatable bonds is 7. The van der Waals surface area contributed by atoms with Crippen molar-refractivity contribution in [3.05, 3.63) is 0 Å². The van der Waals surface area contributed by atoms with E-state index >= 15 is 0 Å². The summed E-state index contributed by atoms with van der Waals surface area (Å²) in [5, 5.41) is 0. The number of carbonyl (C=O) groups excluding carboxylic acids is 2. The molecule has 0 spiro atoms. The van der Waals surface area contributed by atoms with Crippen LogP contribution in [0, 0.1) is 11.8 Å². The molecule has 2 N–H and O–H groups in total. The summed E-state index contributed by atoms with van der Waals surface area (Å²) in [6, 6.07) is 0. The average Bonchev–Trinajstić information content (AvgIpc) is 2.74. The minimum atomic E-state index is 0.0297. The Morgan fingerprint density at radius 3 is 2.65 bits per heavy atom. The summed E-state index contributed by atoms with van der Waals surface area (Å²) < 4.78 is 0. The molecule has 0 aliphatic carbocycles. The molecule has 0 saturated carbocycles. The van der Waals surface area contributed by atoms with Gasteiger partial charge in [0.2, 0.25) is 11.8 Å². The Kier molecular flexibility index (Phi) is 6.39. The van der Waals surface area contributed by atoms with Gasteiger partial charge < -0.3 is 15.5 Å². The van der Waals surface area contributed by atoms with E-state index in [0.717, 1.165) is 6.54 Å². The first-order valence-corrected chi connectivity index (χ1v) is 7.52. The van der Waals surface area contributed by atoms with Gasteiger partial charge in [-0.1, -0.05) is 26.1 Å². The fourth-order valence-corrected chi connectivity index (χ4v) is 2.38. The number of carbonyl (C=O) groups is 2. The zero-order chi connectivity index (χ0) is 15.3. The second-order valence-corrected chi connectivity index (χ2v) is 6.35. The highest BCUT2D eigenvalue weighted by Crippen LogP contribution is 2.24. The summed E-state index contributed by atoms with van der Waals surface area (Å²) in [7, 11) is 1.74. The molecule has 1 unspecified atom stereocenters. The first-order chi connectivity index (χ1) is 9.31. The van der Waals surface area contributed by atoms with Gasteiger partial charge in [0.1, 0.15) is 0 Å². The van der Waals surface area contributed by atoms with Crippen molar-refractivity contribution in [1.82, 2.24) is 9.80 Å². The topological polar surface area (TPSA) is 66.6 Å². The quantitative estimate of drug-likeness (QED) is 0.713. The first kappa shape index (κ1) is 16.9. The molecule has 0 aromatic heterocycles. The summed E-state index contributed by atoms with van der Waals surface area (Å²) in [6.45, 7) is 6.10. The van der Waals surface area contributed by atoms with Crippen LogP contribution in [-0.4, -0.2) is 53.3 Å². The van der Waals surface area contributed by atoms with Gasteiger partial charge in [0.05, 0.1) is 4.99 Å². The highest BCUT2D eigenvalue weighted by molar-refractivity contribution is 7.80. The van der Waals surface area contributed by atoms with Gasteiger partial charge in [-0.2, -0.15) is 0 Å². The molecule has 114 valence electrons. The largest absolute Gasteiger partial charge is 0.393 e. The lowest BCUT2D eigenvalue weighted by atomic mass is 9.95. The molecular formula is C14H25N3O2S. The van der Waals surface area contributed by atoms with Gasteiger partial charge in [0, 0.05) is 45.9 Å². The highest BCUT2D eigenvalue weighted by atomic mass is 32.1. The monoisotopic (exact) mass is 299 g/mol. The molecule has 5 nitrogen and oxygen atoms in total. The number of likely N-dealkylation sites (tertiary alicyclic amines) is 1. The van der Waals surface area contributed by atoms with E-state index in [1.165, 1.54) is 0 Å². The zero-order valence-corrected chi connectivity index (χ0v) is 13.4. The maximum atomic E-state index is 11.9. The van der Waals surface area contributed by atoms with Crippen LogP contribution in [0.25, 0.3) is 0 Å². The molecule has 6 heteroatoms. The van der Waals surface area contributed by atoms with Gasteiger partial charge in [-0.3, -0.25) is 9.59 Å². The Morgan fingerprint density at radius 2 is 2.15 bits per heavy atom. The van der Waals surface area contributed by atoms with E-state index < -0.39 is 0 Å². The Labute approximate surface area is 126 Å². The van der Waals surface area contributed by atoms with E-state index in [1.807, 2.05) is 4.90 Å². The summed E-state index contributed by atoms with van der Waals surface area (Å²) >= 11 is 4.79. The molecule has 2 amide bonds. The summed E-state index contributed by atoms with van der Waals surface area (Å²) in [5.74, 6) is 1.13. The average molecular weight is 299 g/mol. The summed E-state index contributed by atoms with van der Waals surface area (Å²) in [6.07, 6.45) is 1.52. The lowest BCUT2D eigenvalue weighted by molar-refractivity contribution is -0.131. The molecule has 0 aromatic rings. The fourth-order valence-electron chi connectivity index (χ4n) is 2.29. The van der Waals surface area contributed by atoms with Crippen LogP contribution in [0.4, 0.5) is 0 Å². The third-order valence-electron chi connectivity index (χ3n) is 3.90. The van der Waals surface area contributed by atoms with Crippen LogP contribution in [0.5, 0.6) is 0 Å². The molecular weight excluding hydrogens is 274 g/mol. The lowest BCUT2D eigenvalue weighted by Crippen LogP contribution is -2.34. The predicted molar refractivity (Wildman–Crippen MR) is 83.2 cm³/mol. The molecule has 1 rings (SSSR count). The van der Waals surface area contributed by atoms with Crippen molar-refractivity contribution in [2.24, 2.45) is 17.6 Å². The van der Waals surface area contributed by atoms with E-state index in [2.05, 4.69) is 13.8 Å². The number of nitrogens with two attached hydrogens (primary N) is 1. The SMILES string of the molecule is CC(C)C1CC(=O)N(CCC(=O)N(C)CCC(N)=S)C1. The van der Waals surface area contributed by atoms with Gasteiger partial charge >= 0.3 is 0 Å². The van der Waals surface area contributed by atoms with Crippen LogP contribution < -0.4 is 5.73 Å². The maximum Gasteiger partial charge on any atom is 0.224 e. The Balaban J connectivity index is 2.34. The van der Waals surface area contributed by atoms with Gasteiger partial charge in [0.15, 0.2) is 0 Å². The van der Waals surface area contributed by atoms with Crippen LogP contribution in [0.2, 0.25) is 0 Å². The minimum Gasteiger partial charge on any atom is -0.393 e. The van der Waals surface area contributed by atoms with Crippen molar-refractivity contribution in [3.8, 4) is 0 Å². The molecule has 0 aromatic carbocycles. The number of hydrogen-bond donors (Lipinski definition) is 1. The summed E-state index contributed by atoms with van der Waals surface area (Å²) in [5.41, 5.74) is 5.42. The van der Waals surface area contributed by atoms with Crippen molar-refractivity contribution in [2.75, 3.05) is 26.7 Å². The number of hydrogen-bond acceptors (Lipinski definition) is 3. The maximum absolute atomic E-state index is 11.9. The van der Waals surface area contributed by atoms with E-state index in [1.54, 1.807) is 11.9 Å². The van der Waals surface area contributed by atoms with Crippen molar-refractivity contribution in [3.63, 3.8) is 0 Å². The smallest absolute Gasteiger partial charge is 0.224 e. The Morgan fingerprint density at radius 1 is 1.50 bits per heavy atom. The molecule has 0 bridgehead atoms. The molecule has 1 atom stereocenters. The normalized spacial score (nSPS) is 18.7. The first-order valence-electron chi connectivity index (χ1n) is 7.11. The van der Waals surface area contributed by atoms with E-state index in [0.29, 0.717) is 49.2 Å². The molecule has 1 aliphatic heterocycles. The Hall–Kier alpha value is -1.17. The van der Waals surface area contributed by atoms with Crippen molar-refractivity contribution in [1.29, 1.82) is 0 Å². The zero-order valence-electron chi connectivity index (χ0n) is 12.6. The van der Waals surface area contributed by atoms with Crippen molar-refractivity contribution >= 4 is 29.0 Å². The van der Waals surface area contributed by atoms with Gasteiger partial charge in [-0.15, -0.1) is 0 Å². The highest BCUT2D eigenvalue weighted by Gasteiger charge is 2.31. The van der Waals surface area contributed by atoms with E-state index in [9.17, 15) is 9.59 Å². The van der Waals surface area contributed by atoms with E-state index in [-0.39, 0.29) is 11.8 Å². The third kappa shape index (κ3) is 5.07. The number of thiocarbonyl (C=S) groups is 1. The molecule has 0 radical (unpaired) electrons. The predicted octanol–water partition coefficient (Wildman–Crippen LogP) is 1.02. The van der Waals surface area contributed by atoms with Crippen LogP contribution in [0.1, 0.15) is 33.1 Å². The van der Waals surface area contributed by atoms with Crippen LogP contribution in [-0.2, 0) is 9.59 Å². The van der Waals surface area contributed by atoms with Crippen LogP contribution in [0.3, 0.4) is 0 Å². The fraction of sp³-hybridized carbons (Fsp3) is 0.786. The van der Waals surface area contributed by atoms with Crippen molar-refractivity contribution in [2.45, 2.75) is 33.1 Å². The minimum absolute atomic E-state index is 0.0297. The van der Waals surface area contributed by atoms with Crippen LogP contribution in [0.15, 0.2) is 0 Å². The molecule has 1 aliphatic rings. The third-order valence-corrected chi connectivity index (χ3v) is 4.11. The van der Waals surface area contributed by atoms with Gasteiger partial charge in [0.25, 0.3) is 0 Å². The van der Waals surface area contributed by atoms with Crippen LogP contribution >= 0.6 is 12.2 Å². The second-order valence-electron chi connectivity index (χ2n) is 5.83. The standard InChI is InChI=1S/C14H25N3O2S/c1-10(2)11-8-14(19)17(9-11)7-5-13(18)16(3)6-4-12(15)20/h10-11H,4-9H2,1-3H3,(H2,15,20). The molecule has 20 heavy (non-hydrogen) atoms. The second kappa shape index (κ2) is 7.57. The number of amides is 2. The molecule has 1 saturated heterocycles. The summed E-state index contributed by atoms with van der Waals surface area (Å²) in [4.78, 5) is 27.6. The number of nitrogens with zero attached hydrogens (tertiary/aromatic N) is 2. The van der Waals surface area contributed by atoms with Gasteiger partial charge in [-0.25, -0.2) is 0 Å².